The molecule has 0 aromatic heterocycles. The zero-order valence-corrected chi connectivity index (χ0v) is 24.4. The maximum absolute atomic E-state index is 12.7. The number of carbonyl (C=O) groups excluding carboxylic acids is 1. The molecule has 16 heteroatoms. The number of nitrogens with one attached hydrogen (secondary N) is 3. The predicted octanol–water partition coefficient (Wildman–Crippen LogP) is -5.00. The third-order valence-electron chi connectivity index (χ3n) is 8.00. The van der Waals surface area contributed by atoms with Crippen LogP contribution < -0.4 is 38.9 Å². The lowest BCUT2D eigenvalue weighted by Crippen LogP contribution is -2.69. The molecule has 12 atom stereocenters. The van der Waals surface area contributed by atoms with Crippen molar-refractivity contribution in [2.24, 2.45) is 22.9 Å². The van der Waals surface area contributed by atoms with Crippen molar-refractivity contribution in [2.45, 2.75) is 105 Å². The van der Waals surface area contributed by atoms with Crippen LogP contribution in [0.15, 0.2) is 11.8 Å². The smallest absolute Gasteiger partial charge is 0.249 e. The fourth-order valence-electron chi connectivity index (χ4n) is 5.65. The van der Waals surface area contributed by atoms with E-state index in [1.54, 1.807) is 7.05 Å². The highest BCUT2D eigenvalue weighted by molar-refractivity contribution is 5.80. The molecule has 0 radical (unpaired) electrons. The number of carbonyl (C=O) groups is 1. The summed E-state index contributed by atoms with van der Waals surface area (Å²) in [6.45, 7) is 2.72. The molecule has 2 heterocycles. The maximum atomic E-state index is 12.7. The molecule has 42 heavy (non-hydrogen) atoms. The van der Waals surface area contributed by atoms with Gasteiger partial charge in [0.15, 0.2) is 6.29 Å². The summed E-state index contributed by atoms with van der Waals surface area (Å²) < 4.78 is 24.0. The molecule has 15 N–H and O–H groups in total. The normalized spacial score (nSPS) is 39.7. The number of aliphatic hydroxyl groups excluding tert-OH is 3. The van der Waals surface area contributed by atoms with Crippen LogP contribution in [-0.2, 0) is 23.7 Å². The van der Waals surface area contributed by atoms with E-state index in [1.807, 2.05) is 6.08 Å². The van der Waals surface area contributed by atoms with Gasteiger partial charge in [-0.2, -0.15) is 0 Å². The van der Waals surface area contributed by atoms with Crippen LogP contribution in [0.1, 0.15) is 32.6 Å². The van der Waals surface area contributed by atoms with Gasteiger partial charge in [0.1, 0.15) is 41.9 Å². The van der Waals surface area contributed by atoms with Gasteiger partial charge in [-0.05, 0) is 65.4 Å². The molecule has 0 bridgehead atoms. The summed E-state index contributed by atoms with van der Waals surface area (Å²) in [6, 6.07) is -2.79. The number of amides is 1. The highest BCUT2D eigenvalue weighted by Crippen LogP contribution is 2.32. The van der Waals surface area contributed by atoms with Gasteiger partial charge in [-0.25, -0.2) is 0 Å². The van der Waals surface area contributed by atoms with Crippen molar-refractivity contribution < 1.29 is 44.2 Å². The summed E-state index contributed by atoms with van der Waals surface area (Å²) >= 11 is 0. The molecule has 2 fully saturated rings. The molecule has 3 aliphatic rings. The number of hydrogen-bond acceptors (Lipinski definition) is 15. The van der Waals surface area contributed by atoms with Crippen molar-refractivity contribution in [1.82, 2.24) is 16.0 Å². The van der Waals surface area contributed by atoms with E-state index in [0.29, 0.717) is 25.3 Å². The summed E-state index contributed by atoms with van der Waals surface area (Å²) in [5.41, 5.74) is 22.0. The number of hydrogen-bond donors (Lipinski definition) is 11. The van der Waals surface area contributed by atoms with Crippen molar-refractivity contribution in [2.75, 3.05) is 39.8 Å². The number of nitrogens with two attached hydrogens (primary N) is 4. The Morgan fingerprint density at radius 1 is 1.14 bits per heavy atom. The van der Waals surface area contributed by atoms with Crippen molar-refractivity contribution in [3.8, 4) is 0 Å². The van der Waals surface area contributed by atoms with E-state index < -0.39 is 72.7 Å². The first-order valence-electron chi connectivity index (χ1n) is 14.6. The third-order valence-corrected chi connectivity index (χ3v) is 8.00. The minimum atomic E-state index is -1.43. The van der Waals surface area contributed by atoms with Crippen molar-refractivity contribution in [3.63, 3.8) is 0 Å². The van der Waals surface area contributed by atoms with Gasteiger partial charge in [0.05, 0.1) is 31.3 Å². The maximum Gasteiger partial charge on any atom is 0.249 e. The van der Waals surface area contributed by atoms with Gasteiger partial charge in [0.2, 0.25) is 12.2 Å². The van der Waals surface area contributed by atoms with Gasteiger partial charge >= 0.3 is 0 Å². The van der Waals surface area contributed by atoms with Crippen LogP contribution in [0.3, 0.4) is 0 Å². The lowest BCUT2D eigenvalue weighted by molar-refractivity contribution is -0.304. The fraction of sp³-hybridized carbons (Fsp3) is 0.885. The largest absolute Gasteiger partial charge is 0.467 e. The molecular weight excluding hydrogens is 554 g/mol. The first kappa shape index (κ1) is 35.0. The Bertz CT molecular complexity index is 885. The zero-order valence-electron chi connectivity index (χ0n) is 24.4. The molecule has 1 amide bonds. The summed E-state index contributed by atoms with van der Waals surface area (Å²) in [5, 5.41) is 52.3. The molecule has 0 aromatic carbocycles. The molecule has 1 saturated carbocycles. The van der Waals surface area contributed by atoms with Gasteiger partial charge in [-0.3, -0.25) is 4.79 Å². The first-order chi connectivity index (χ1) is 20.0. The van der Waals surface area contributed by atoms with Gasteiger partial charge in [0.25, 0.3) is 0 Å². The molecule has 244 valence electrons. The Labute approximate surface area is 246 Å². The van der Waals surface area contributed by atoms with Gasteiger partial charge in [-0.1, -0.05) is 0 Å². The standard InChI is InChI=1S/C26H51N7O9/c1-26(38)12-39-25(19(36)22(26)31-2)42-21-16(33-23(37)17(34)6-8-28)10-14(30)20(18(21)35)41-24-15(32-9-3-7-27)5-4-13(11-29)40-24/h4,14-22,24-25,31-32,34-36,38H,3,5-12,27-30H2,1-2H3,(H,33,37)/t14-,15+,16+,17-,18-,19+,20+,21-,22+,24+,25+,26-/m0/s1. The number of rotatable bonds is 14. The number of ether oxygens (including phenoxy) is 4. The van der Waals surface area contributed by atoms with Crippen molar-refractivity contribution in [3.05, 3.63) is 11.8 Å². The van der Waals surface area contributed by atoms with E-state index in [2.05, 4.69) is 16.0 Å². The second-order valence-corrected chi connectivity index (χ2v) is 11.4. The van der Waals surface area contributed by atoms with Crippen molar-refractivity contribution in [1.29, 1.82) is 0 Å². The summed E-state index contributed by atoms with van der Waals surface area (Å²) in [6.07, 6.45) is -5.22. The van der Waals surface area contributed by atoms with Crippen LogP contribution >= 0.6 is 0 Å². The molecular formula is C26H51N7O9. The average molecular weight is 606 g/mol. The second-order valence-electron chi connectivity index (χ2n) is 11.4. The average Bonchev–Trinajstić information content (AvgIpc) is 2.95. The van der Waals surface area contributed by atoms with E-state index in [-0.39, 0.29) is 38.6 Å². The Morgan fingerprint density at radius 3 is 2.50 bits per heavy atom. The Hall–Kier alpha value is -1.51. The topological polar surface area (TPSA) is 275 Å². The van der Waals surface area contributed by atoms with Crippen LogP contribution in [0.2, 0.25) is 0 Å². The molecule has 1 aliphatic carbocycles. The number of likely N-dealkylation sites (N-methyl/N-ethyl adjacent to an activating group) is 1. The van der Waals surface area contributed by atoms with Crippen LogP contribution in [0.5, 0.6) is 0 Å². The van der Waals surface area contributed by atoms with Crippen LogP contribution in [0, 0.1) is 0 Å². The summed E-state index contributed by atoms with van der Waals surface area (Å²) in [5.74, 6) is -0.178. The second kappa shape index (κ2) is 16.0. The van der Waals surface area contributed by atoms with E-state index in [4.69, 9.17) is 41.9 Å². The molecule has 3 rings (SSSR count). The van der Waals surface area contributed by atoms with Gasteiger partial charge in [0, 0.05) is 6.04 Å². The Kier molecular flexibility index (Phi) is 13.3. The minimum Gasteiger partial charge on any atom is -0.467 e. The fourth-order valence-corrected chi connectivity index (χ4v) is 5.65. The molecule has 1 saturated heterocycles. The molecule has 16 nitrogen and oxygen atoms in total. The lowest BCUT2D eigenvalue weighted by Gasteiger charge is -2.49. The molecule has 0 aromatic rings. The molecule has 2 aliphatic heterocycles. The highest BCUT2D eigenvalue weighted by Gasteiger charge is 2.52. The predicted molar refractivity (Wildman–Crippen MR) is 151 cm³/mol. The molecule has 0 unspecified atom stereocenters. The van der Waals surface area contributed by atoms with Crippen LogP contribution in [0.25, 0.3) is 0 Å². The van der Waals surface area contributed by atoms with Crippen molar-refractivity contribution >= 4 is 5.91 Å². The van der Waals surface area contributed by atoms with E-state index in [0.717, 1.165) is 6.42 Å². The summed E-state index contributed by atoms with van der Waals surface area (Å²) in [4.78, 5) is 12.7. The minimum absolute atomic E-state index is 0.0301. The van der Waals surface area contributed by atoms with Crippen LogP contribution in [0.4, 0.5) is 0 Å². The third kappa shape index (κ3) is 8.56. The lowest BCUT2D eigenvalue weighted by atomic mass is 9.83. The molecule has 0 spiro atoms. The Morgan fingerprint density at radius 2 is 1.86 bits per heavy atom. The van der Waals surface area contributed by atoms with E-state index >= 15 is 0 Å². The quantitative estimate of drug-likeness (QED) is 0.0827. The van der Waals surface area contributed by atoms with E-state index in [1.165, 1.54) is 6.92 Å². The Balaban J connectivity index is 1.83. The van der Waals surface area contributed by atoms with Gasteiger partial charge in [-0.15, -0.1) is 0 Å². The zero-order chi connectivity index (χ0) is 31.0. The first-order valence-corrected chi connectivity index (χ1v) is 14.6. The highest BCUT2D eigenvalue weighted by atomic mass is 16.7. The SMILES string of the molecule is CN[C@@H]1[C@@H](O)[C@@H](O[C@@H]2[C@@H](O)[C@H](O[C@H]3OC(CN)=CC[C@H]3NCCCN)[C@@H](N)C[C@H]2NC(=O)[C@@H](O)CCN)OC[C@]1(C)O. The van der Waals surface area contributed by atoms with Gasteiger partial charge < -0.3 is 78.3 Å². The monoisotopic (exact) mass is 605 g/mol. The number of aliphatic hydroxyl groups is 4. The van der Waals surface area contributed by atoms with E-state index in [9.17, 15) is 25.2 Å². The van der Waals surface area contributed by atoms with Crippen LogP contribution in [-0.4, -0.2) is 139 Å². The summed E-state index contributed by atoms with van der Waals surface area (Å²) in [7, 11) is 1.58.